The minimum Gasteiger partial charge on any atom is -0.454 e. The van der Waals surface area contributed by atoms with Gasteiger partial charge in [0.2, 0.25) is 0 Å². The van der Waals surface area contributed by atoms with Crippen LogP contribution in [0.25, 0.3) is 22.4 Å². The first kappa shape index (κ1) is 12.9. The van der Waals surface area contributed by atoms with Gasteiger partial charge >= 0.3 is 0 Å². The Morgan fingerprint density at radius 3 is 2.95 bits per heavy atom. The van der Waals surface area contributed by atoms with Crippen molar-refractivity contribution in [2.75, 3.05) is 11.9 Å². The molecule has 102 valence electrons. The molecule has 4 nitrogen and oxygen atoms in total. The van der Waals surface area contributed by atoms with Gasteiger partial charge in [-0.05, 0) is 30.7 Å². The van der Waals surface area contributed by atoms with Crippen LogP contribution in [0.15, 0.2) is 41.1 Å². The van der Waals surface area contributed by atoms with Crippen molar-refractivity contribution >= 4 is 28.4 Å². The first-order valence-electron chi connectivity index (χ1n) is 6.51. The third-order valence-corrected chi connectivity index (χ3v) is 3.19. The number of hydrogen-bond donors (Lipinski definition) is 1. The first-order chi connectivity index (χ1) is 9.76. The molecule has 2 heterocycles. The lowest BCUT2D eigenvalue weighted by molar-refractivity contribution is 0.628. The molecule has 0 unspecified atom stereocenters. The predicted octanol–water partition coefficient (Wildman–Crippen LogP) is 4.37. The second-order valence-corrected chi connectivity index (χ2v) is 4.94. The van der Waals surface area contributed by atoms with Crippen LogP contribution in [0.5, 0.6) is 0 Å². The van der Waals surface area contributed by atoms with Crippen LogP contribution in [-0.2, 0) is 0 Å². The Morgan fingerprint density at radius 2 is 2.10 bits per heavy atom. The SMILES string of the molecule is CCCNc1cc(-c2cc3cc(Cl)ccc3o2)ncn1. The summed E-state index contributed by atoms with van der Waals surface area (Å²) in [6.07, 6.45) is 2.58. The quantitative estimate of drug-likeness (QED) is 0.774. The van der Waals surface area contributed by atoms with Gasteiger partial charge < -0.3 is 9.73 Å². The zero-order valence-corrected chi connectivity index (χ0v) is 11.8. The molecule has 0 saturated carbocycles. The Labute approximate surface area is 121 Å². The summed E-state index contributed by atoms with van der Waals surface area (Å²) in [5.41, 5.74) is 1.55. The summed E-state index contributed by atoms with van der Waals surface area (Å²) in [7, 11) is 0. The molecule has 0 amide bonds. The van der Waals surface area contributed by atoms with Gasteiger partial charge in [0.05, 0.1) is 0 Å². The van der Waals surface area contributed by atoms with Gasteiger partial charge in [-0.25, -0.2) is 9.97 Å². The molecule has 20 heavy (non-hydrogen) atoms. The molecule has 3 aromatic rings. The lowest BCUT2D eigenvalue weighted by Crippen LogP contribution is -2.02. The zero-order chi connectivity index (χ0) is 13.9. The van der Waals surface area contributed by atoms with Gasteiger partial charge in [-0.1, -0.05) is 18.5 Å². The maximum absolute atomic E-state index is 5.98. The van der Waals surface area contributed by atoms with E-state index in [0.29, 0.717) is 10.8 Å². The third-order valence-electron chi connectivity index (χ3n) is 2.95. The molecule has 0 aliphatic carbocycles. The highest BCUT2D eigenvalue weighted by Crippen LogP contribution is 2.29. The van der Waals surface area contributed by atoms with E-state index in [0.717, 1.165) is 35.4 Å². The molecule has 0 aliphatic rings. The second kappa shape index (κ2) is 5.51. The van der Waals surface area contributed by atoms with Crippen molar-refractivity contribution in [3.05, 3.63) is 41.7 Å². The number of aromatic nitrogens is 2. The van der Waals surface area contributed by atoms with Crippen molar-refractivity contribution in [2.45, 2.75) is 13.3 Å². The standard InChI is InChI=1S/C15H14ClN3O/c1-2-5-17-15-8-12(18-9-19-15)14-7-10-6-11(16)3-4-13(10)20-14/h3-4,6-9H,2,5H2,1H3,(H,17,18,19). The molecule has 0 bridgehead atoms. The highest BCUT2D eigenvalue weighted by atomic mass is 35.5. The van der Waals surface area contributed by atoms with Gasteiger partial charge in [-0.3, -0.25) is 0 Å². The average molecular weight is 288 g/mol. The van der Waals surface area contributed by atoms with Crippen molar-refractivity contribution in [2.24, 2.45) is 0 Å². The van der Waals surface area contributed by atoms with Gasteiger partial charge in [-0.15, -0.1) is 0 Å². The molecule has 0 radical (unpaired) electrons. The van der Waals surface area contributed by atoms with Gasteiger partial charge in [-0.2, -0.15) is 0 Å². The topological polar surface area (TPSA) is 51.0 Å². The number of nitrogens with one attached hydrogen (secondary N) is 1. The maximum atomic E-state index is 5.98. The second-order valence-electron chi connectivity index (χ2n) is 4.51. The molecule has 0 spiro atoms. The Morgan fingerprint density at radius 1 is 1.20 bits per heavy atom. The van der Waals surface area contributed by atoms with Crippen molar-refractivity contribution < 1.29 is 4.42 Å². The lowest BCUT2D eigenvalue weighted by Gasteiger charge is -2.03. The Hall–Kier alpha value is -2.07. The molecule has 0 saturated heterocycles. The minimum atomic E-state index is 0.692. The molecule has 1 N–H and O–H groups in total. The summed E-state index contributed by atoms with van der Waals surface area (Å²) in [5, 5.41) is 4.89. The minimum absolute atomic E-state index is 0.692. The van der Waals surface area contributed by atoms with Crippen molar-refractivity contribution in [1.82, 2.24) is 9.97 Å². The molecule has 1 aromatic carbocycles. The third kappa shape index (κ3) is 2.60. The van der Waals surface area contributed by atoms with E-state index < -0.39 is 0 Å². The summed E-state index contributed by atoms with van der Waals surface area (Å²) in [4.78, 5) is 8.44. The molecule has 0 fully saturated rings. The van der Waals surface area contributed by atoms with Gasteiger partial charge in [0.15, 0.2) is 5.76 Å². The summed E-state index contributed by atoms with van der Waals surface area (Å²) >= 11 is 5.98. The predicted molar refractivity (Wildman–Crippen MR) is 81.0 cm³/mol. The van der Waals surface area contributed by atoms with E-state index in [4.69, 9.17) is 16.0 Å². The van der Waals surface area contributed by atoms with E-state index in [1.165, 1.54) is 6.33 Å². The number of hydrogen-bond acceptors (Lipinski definition) is 4. The normalized spacial score (nSPS) is 10.9. The number of anilines is 1. The fourth-order valence-electron chi connectivity index (χ4n) is 1.98. The molecule has 0 atom stereocenters. The summed E-state index contributed by atoms with van der Waals surface area (Å²) in [5.74, 6) is 1.51. The van der Waals surface area contributed by atoms with Crippen LogP contribution in [0, 0.1) is 0 Å². The zero-order valence-electron chi connectivity index (χ0n) is 11.1. The van der Waals surface area contributed by atoms with Crippen LogP contribution in [0.4, 0.5) is 5.82 Å². The van der Waals surface area contributed by atoms with E-state index in [-0.39, 0.29) is 0 Å². The molecule has 5 heteroatoms. The maximum Gasteiger partial charge on any atom is 0.153 e. The Balaban J connectivity index is 1.97. The Kier molecular flexibility index (Phi) is 3.56. The Bertz CT molecular complexity index is 739. The van der Waals surface area contributed by atoms with Crippen LogP contribution in [-0.4, -0.2) is 16.5 Å². The summed E-state index contributed by atoms with van der Waals surface area (Å²) in [6.45, 7) is 2.99. The lowest BCUT2D eigenvalue weighted by atomic mass is 10.2. The summed E-state index contributed by atoms with van der Waals surface area (Å²) in [6, 6.07) is 9.37. The van der Waals surface area contributed by atoms with E-state index in [2.05, 4.69) is 22.2 Å². The van der Waals surface area contributed by atoms with Crippen molar-refractivity contribution in [3.63, 3.8) is 0 Å². The highest BCUT2D eigenvalue weighted by molar-refractivity contribution is 6.31. The fourth-order valence-corrected chi connectivity index (χ4v) is 2.16. The largest absolute Gasteiger partial charge is 0.454 e. The highest BCUT2D eigenvalue weighted by Gasteiger charge is 2.09. The smallest absolute Gasteiger partial charge is 0.153 e. The van der Waals surface area contributed by atoms with E-state index in [1.807, 2.05) is 30.3 Å². The van der Waals surface area contributed by atoms with Crippen LogP contribution >= 0.6 is 11.6 Å². The number of furan rings is 1. The molecule has 0 aliphatic heterocycles. The molecule has 3 rings (SSSR count). The number of rotatable bonds is 4. The average Bonchev–Trinajstić information content (AvgIpc) is 2.88. The number of benzene rings is 1. The van der Waals surface area contributed by atoms with Crippen LogP contribution in [0.2, 0.25) is 5.02 Å². The van der Waals surface area contributed by atoms with Gasteiger partial charge in [0.25, 0.3) is 0 Å². The number of halogens is 1. The molecular formula is C15H14ClN3O. The van der Waals surface area contributed by atoms with E-state index >= 15 is 0 Å². The van der Waals surface area contributed by atoms with Crippen molar-refractivity contribution in [1.29, 1.82) is 0 Å². The van der Waals surface area contributed by atoms with Gasteiger partial charge in [0.1, 0.15) is 23.4 Å². The van der Waals surface area contributed by atoms with Gasteiger partial charge in [0, 0.05) is 23.0 Å². The molecular weight excluding hydrogens is 274 g/mol. The summed E-state index contributed by atoms with van der Waals surface area (Å²) < 4.78 is 5.79. The molecule has 2 aromatic heterocycles. The van der Waals surface area contributed by atoms with E-state index in [1.54, 1.807) is 0 Å². The van der Waals surface area contributed by atoms with Crippen molar-refractivity contribution in [3.8, 4) is 11.5 Å². The van der Waals surface area contributed by atoms with Crippen LogP contribution in [0.3, 0.4) is 0 Å². The monoisotopic (exact) mass is 287 g/mol. The van der Waals surface area contributed by atoms with Crippen LogP contribution in [0.1, 0.15) is 13.3 Å². The first-order valence-corrected chi connectivity index (χ1v) is 6.89. The number of nitrogens with zero attached hydrogens (tertiary/aromatic N) is 2. The van der Waals surface area contributed by atoms with E-state index in [9.17, 15) is 0 Å². The fraction of sp³-hybridized carbons (Fsp3) is 0.200. The van der Waals surface area contributed by atoms with Crippen LogP contribution < -0.4 is 5.32 Å². The number of fused-ring (bicyclic) bond motifs is 1.